The molecule has 13 nitrogen and oxygen atoms in total. The number of hydrogen-bond donors (Lipinski definition) is 3. The number of aromatic nitrogens is 1. The summed E-state index contributed by atoms with van der Waals surface area (Å²) in [6.07, 6.45) is 8.90. The molecule has 2 aromatic rings. The summed E-state index contributed by atoms with van der Waals surface area (Å²) in [5, 5.41) is 4.99. The minimum atomic E-state index is -3.84. The number of rotatable bonds is 6. The van der Waals surface area contributed by atoms with Gasteiger partial charge in [-0.15, -0.1) is 0 Å². The van der Waals surface area contributed by atoms with Crippen molar-refractivity contribution in [2.75, 3.05) is 18.9 Å². The Bertz CT molecular complexity index is 1650. The number of allylic oxidation sites excluding steroid dienone is 1. The molecule has 0 spiro atoms. The number of ether oxygens (including phenoxy) is 1. The van der Waals surface area contributed by atoms with E-state index in [-0.39, 0.29) is 31.1 Å². The SMILES string of the molecule is Cc1ccc(-c2ncco2)c(NC(=O)O[C@@H]2C[C@H]3C(=O)N[C@]4(C(=O)NS(=O)(=O)C5CC5)C[C@H]4/C=C\CCCCN(C)C(=O)[C@@H]3C2)c1. The van der Waals surface area contributed by atoms with Gasteiger partial charge in [0.1, 0.15) is 17.9 Å². The largest absolute Gasteiger partial charge is 0.446 e. The van der Waals surface area contributed by atoms with Crippen molar-refractivity contribution in [2.24, 2.45) is 17.8 Å². The zero-order chi connectivity index (χ0) is 32.6. The summed E-state index contributed by atoms with van der Waals surface area (Å²) in [6.45, 7) is 2.38. The van der Waals surface area contributed by atoms with Crippen LogP contribution < -0.4 is 15.4 Å². The maximum absolute atomic E-state index is 13.9. The fourth-order valence-corrected chi connectivity index (χ4v) is 7.85. The van der Waals surface area contributed by atoms with Crippen LogP contribution in [0.1, 0.15) is 56.9 Å². The molecule has 0 bridgehead atoms. The first kappa shape index (κ1) is 31.8. The maximum atomic E-state index is 13.9. The van der Waals surface area contributed by atoms with Crippen molar-refractivity contribution in [1.82, 2.24) is 19.9 Å². The van der Waals surface area contributed by atoms with Crippen LogP contribution in [0, 0.1) is 24.7 Å². The van der Waals surface area contributed by atoms with Crippen LogP contribution in [0.3, 0.4) is 0 Å². The summed E-state index contributed by atoms with van der Waals surface area (Å²) in [5.74, 6) is -3.30. The number of aryl methyl sites for hydroxylation is 1. The van der Waals surface area contributed by atoms with Gasteiger partial charge in [0.15, 0.2) is 0 Å². The predicted molar refractivity (Wildman–Crippen MR) is 166 cm³/mol. The van der Waals surface area contributed by atoms with E-state index in [2.05, 4.69) is 20.3 Å². The van der Waals surface area contributed by atoms with E-state index in [4.69, 9.17) is 9.15 Å². The molecule has 3 saturated carbocycles. The van der Waals surface area contributed by atoms with Gasteiger partial charge in [-0.1, -0.05) is 18.2 Å². The molecule has 246 valence electrons. The van der Waals surface area contributed by atoms with E-state index < -0.39 is 56.7 Å². The number of amides is 4. The summed E-state index contributed by atoms with van der Waals surface area (Å²) >= 11 is 0. The summed E-state index contributed by atoms with van der Waals surface area (Å²) < 4.78 is 38.6. The summed E-state index contributed by atoms with van der Waals surface area (Å²) in [4.78, 5) is 59.9. The van der Waals surface area contributed by atoms with Crippen molar-refractivity contribution in [3.63, 3.8) is 0 Å². The van der Waals surface area contributed by atoms with Crippen molar-refractivity contribution in [2.45, 2.75) is 75.2 Å². The molecule has 4 aliphatic rings. The third-order valence-electron chi connectivity index (χ3n) is 9.34. The Morgan fingerprint density at radius 3 is 2.67 bits per heavy atom. The topological polar surface area (TPSA) is 177 Å². The van der Waals surface area contributed by atoms with Gasteiger partial charge in [-0.05, 0) is 76.0 Å². The predicted octanol–water partition coefficient (Wildman–Crippen LogP) is 3.28. The highest BCUT2D eigenvalue weighted by atomic mass is 32.2. The molecule has 1 aliphatic heterocycles. The Balaban J connectivity index is 1.20. The van der Waals surface area contributed by atoms with Gasteiger partial charge in [-0.2, -0.15) is 0 Å². The van der Waals surface area contributed by atoms with Crippen LogP contribution in [0.2, 0.25) is 0 Å². The molecule has 0 radical (unpaired) electrons. The first-order chi connectivity index (χ1) is 22.0. The Labute approximate surface area is 267 Å². The Hall–Kier alpha value is -4.20. The standard InChI is InChI=1S/C32H39N5O8S/c1-19-8-11-23(28-33-12-14-44-28)26(15-19)34-31(41)45-21-16-24-25(17-21)29(39)37(2)13-6-4-3-5-7-20-18-32(20,35-27(24)38)30(40)36-46(42,43)22-9-10-22/h5,7-8,11-12,14-15,20-22,24-25H,3-4,6,9-10,13,16-18H2,1-2H3,(H,34,41)(H,35,38)(H,36,40)/b7-5-/t20-,21-,24-,25-,32-/m1/s1. The number of nitrogens with one attached hydrogen (secondary N) is 3. The lowest BCUT2D eigenvalue weighted by molar-refractivity contribution is -0.140. The van der Waals surface area contributed by atoms with E-state index in [1.54, 1.807) is 24.1 Å². The van der Waals surface area contributed by atoms with Crippen LogP contribution in [0.5, 0.6) is 0 Å². The molecule has 3 aliphatic carbocycles. The molecule has 46 heavy (non-hydrogen) atoms. The van der Waals surface area contributed by atoms with Gasteiger partial charge in [0.25, 0.3) is 5.91 Å². The van der Waals surface area contributed by atoms with Crippen LogP contribution in [0.4, 0.5) is 10.5 Å². The molecule has 4 amide bonds. The van der Waals surface area contributed by atoms with E-state index >= 15 is 0 Å². The molecule has 2 heterocycles. The molecule has 5 atom stereocenters. The molecule has 1 aromatic carbocycles. The molecule has 6 rings (SSSR count). The smallest absolute Gasteiger partial charge is 0.411 e. The van der Waals surface area contributed by atoms with Gasteiger partial charge in [-0.3, -0.25) is 24.4 Å². The second-order valence-corrected chi connectivity index (χ2v) is 14.8. The highest BCUT2D eigenvalue weighted by molar-refractivity contribution is 7.91. The minimum absolute atomic E-state index is 0.0580. The van der Waals surface area contributed by atoms with E-state index in [1.807, 2.05) is 25.1 Å². The van der Waals surface area contributed by atoms with E-state index in [0.717, 1.165) is 24.8 Å². The van der Waals surface area contributed by atoms with E-state index in [0.29, 0.717) is 36.5 Å². The number of benzene rings is 1. The minimum Gasteiger partial charge on any atom is -0.446 e. The zero-order valence-electron chi connectivity index (χ0n) is 25.9. The van der Waals surface area contributed by atoms with Gasteiger partial charge < -0.3 is 19.4 Å². The lowest BCUT2D eigenvalue weighted by atomic mass is 9.93. The fourth-order valence-electron chi connectivity index (χ4n) is 6.49. The Kier molecular flexibility index (Phi) is 8.66. The fraction of sp³-hybridized carbons (Fsp3) is 0.531. The number of hydrogen-bond acceptors (Lipinski definition) is 9. The van der Waals surface area contributed by atoms with Crippen LogP contribution in [0.15, 0.2) is 47.2 Å². The van der Waals surface area contributed by atoms with Crippen LogP contribution in [0.25, 0.3) is 11.5 Å². The molecule has 3 N–H and O–H groups in total. The Morgan fingerprint density at radius 1 is 1.15 bits per heavy atom. The van der Waals surface area contributed by atoms with E-state index in [1.165, 1.54) is 12.5 Å². The summed E-state index contributed by atoms with van der Waals surface area (Å²) in [7, 11) is -2.15. The van der Waals surface area contributed by atoms with E-state index in [9.17, 15) is 27.6 Å². The molecule has 14 heteroatoms. The number of nitrogens with zero attached hydrogens (tertiary/aromatic N) is 2. The van der Waals surface area contributed by atoms with Crippen molar-refractivity contribution in [1.29, 1.82) is 0 Å². The third-order valence-corrected chi connectivity index (χ3v) is 11.2. The molecule has 0 unspecified atom stereocenters. The summed E-state index contributed by atoms with van der Waals surface area (Å²) in [5.41, 5.74) is 0.442. The number of carbonyl (C=O) groups is 4. The molecular weight excluding hydrogens is 614 g/mol. The first-order valence-electron chi connectivity index (χ1n) is 15.7. The van der Waals surface area contributed by atoms with Crippen LogP contribution >= 0.6 is 0 Å². The second kappa shape index (κ2) is 12.5. The molecule has 1 aromatic heterocycles. The van der Waals surface area contributed by atoms with Gasteiger partial charge in [-0.25, -0.2) is 18.2 Å². The third kappa shape index (κ3) is 6.67. The van der Waals surface area contributed by atoms with Crippen molar-refractivity contribution < 1.29 is 36.7 Å². The van der Waals surface area contributed by atoms with Crippen molar-refractivity contribution in [3.8, 4) is 11.5 Å². The lowest BCUT2D eigenvalue weighted by Gasteiger charge is -2.26. The second-order valence-electron chi connectivity index (χ2n) is 12.9. The highest BCUT2D eigenvalue weighted by Crippen LogP contribution is 2.47. The van der Waals surface area contributed by atoms with Gasteiger partial charge >= 0.3 is 6.09 Å². The molecule has 3 fully saturated rings. The summed E-state index contributed by atoms with van der Waals surface area (Å²) in [6, 6.07) is 5.39. The monoisotopic (exact) mass is 653 g/mol. The quantitative estimate of drug-likeness (QED) is 0.395. The number of oxazole rings is 1. The Morgan fingerprint density at radius 2 is 1.93 bits per heavy atom. The number of sulfonamides is 1. The van der Waals surface area contributed by atoms with Crippen LogP contribution in [-0.2, 0) is 29.1 Å². The lowest BCUT2D eigenvalue weighted by Crippen LogP contribution is -2.54. The number of carbonyl (C=O) groups excluding carboxylic acids is 4. The number of anilines is 1. The maximum Gasteiger partial charge on any atom is 0.411 e. The molecular formula is C32H39N5O8S. The first-order valence-corrected chi connectivity index (χ1v) is 17.3. The van der Waals surface area contributed by atoms with Gasteiger partial charge in [0.05, 0.1) is 34.5 Å². The normalized spacial score (nSPS) is 29.0. The van der Waals surface area contributed by atoms with Gasteiger partial charge in [0.2, 0.25) is 27.7 Å². The zero-order valence-corrected chi connectivity index (χ0v) is 26.7. The van der Waals surface area contributed by atoms with Crippen molar-refractivity contribution in [3.05, 3.63) is 48.4 Å². The average molecular weight is 654 g/mol. The van der Waals surface area contributed by atoms with Crippen molar-refractivity contribution >= 4 is 39.5 Å². The van der Waals surface area contributed by atoms with Crippen LogP contribution in [-0.4, -0.2) is 72.6 Å². The average Bonchev–Trinajstić information content (AvgIpc) is 3.87. The van der Waals surface area contributed by atoms with Gasteiger partial charge in [0, 0.05) is 19.5 Å². The highest BCUT2D eigenvalue weighted by Gasteiger charge is 2.62. The molecule has 0 saturated heterocycles. The number of fused-ring (bicyclic) bond motifs is 2.